The molecular weight excluding hydrogens is 288 g/mol. The van der Waals surface area contributed by atoms with Crippen molar-refractivity contribution in [3.05, 3.63) is 35.5 Å². The second-order valence-electron chi connectivity index (χ2n) is 6.51. The lowest BCUT2D eigenvalue weighted by Gasteiger charge is -2.27. The fourth-order valence-electron chi connectivity index (χ4n) is 3.44. The normalized spacial score (nSPS) is 19.8. The van der Waals surface area contributed by atoms with E-state index in [4.69, 9.17) is 4.52 Å². The third-order valence-corrected chi connectivity index (χ3v) is 4.68. The Morgan fingerprint density at radius 2 is 2.17 bits per heavy atom. The van der Waals surface area contributed by atoms with Crippen LogP contribution >= 0.6 is 0 Å². The maximum atomic E-state index is 5.53. The summed E-state index contributed by atoms with van der Waals surface area (Å²) in [6.07, 6.45) is 11.2. The molecule has 5 nitrogen and oxygen atoms in total. The molecule has 0 aliphatic carbocycles. The molecule has 0 amide bonds. The SMILES string of the molecule is CCCc1cc([C@H]2CCCCCN2Cc2cnn(CC)c2)no1. The van der Waals surface area contributed by atoms with E-state index >= 15 is 0 Å². The second-order valence-corrected chi connectivity index (χ2v) is 6.51. The highest BCUT2D eigenvalue weighted by atomic mass is 16.5. The number of hydrogen-bond donors (Lipinski definition) is 0. The molecule has 2 aromatic rings. The van der Waals surface area contributed by atoms with Gasteiger partial charge in [0.25, 0.3) is 0 Å². The zero-order valence-electron chi connectivity index (χ0n) is 14.4. The third kappa shape index (κ3) is 4.02. The van der Waals surface area contributed by atoms with Crippen molar-refractivity contribution in [1.82, 2.24) is 19.8 Å². The molecule has 23 heavy (non-hydrogen) atoms. The van der Waals surface area contributed by atoms with E-state index in [2.05, 4.69) is 41.3 Å². The highest BCUT2D eigenvalue weighted by Crippen LogP contribution is 2.31. The van der Waals surface area contributed by atoms with Crippen LogP contribution in [0.15, 0.2) is 23.0 Å². The van der Waals surface area contributed by atoms with Gasteiger partial charge in [-0.1, -0.05) is 24.9 Å². The monoisotopic (exact) mass is 316 g/mol. The van der Waals surface area contributed by atoms with Crippen LogP contribution in [0.1, 0.15) is 69.0 Å². The van der Waals surface area contributed by atoms with Crippen molar-refractivity contribution < 1.29 is 4.52 Å². The van der Waals surface area contributed by atoms with Crippen LogP contribution in [-0.2, 0) is 19.5 Å². The molecule has 1 fully saturated rings. The predicted octanol–water partition coefficient (Wildman–Crippen LogP) is 3.96. The van der Waals surface area contributed by atoms with E-state index in [0.29, 0.717) is 6.04 Å². The molecule has 0 radical (unpaired) electrons. The van der Waals surface area contributed by atoms with Crippen LogP contribution in [0.5, 0.6) is 0 Å². The molecule has 2 aromatic heterocycles. The number of nitrogens with zero attached hydrogens (tertiary/aromatic N) is 4. The maximum Gasteiger partial charge on any atom is 0.137 e. The van der Waals surface area contributed by atoms with E-state index in [-0.39, 0.29) is 0 Å². The van der Waals surface area contributed by atoms with Gasteiger partial charge >= 0.3 is 0 Å². The Morgan fingerprint density at radius 1 is 1.26 bits per heavy atom. The molecule has 0 spiro atoms. The zero-order valence-corrected chi connectivity index (χ0v) is 14.4. The first-order valence-electron chi connectivity index (χ1n) is 9.01. The summed E-state index contributed by atoms with van der Waals surface area (Å²) in [5, 5.41) is 8.78. The standard InChI is InChI=1S/C18H28N4O/c1-3-8-16-11-17(20-23-16)18-9-6-5-7-10-21(18)13-15-12-19-22(4-2)14-15/h11-12,14,18H,3-10,13H2,1-2H3/t18-/m1/s1. The summed E-state index contributed by atoms with van der Waals surface area (Å²) in [5.74, 6) is 1.02. The molecule has 1 aliphatic rings. The molecule has 5 heteroatoms. The van der Waals surface area contributed by atoms with Gasteiger partial charge in [-0.3, -0.25) is 9.58 Å². The topological polar surface area (TPSA) is 47.1 Å². The van der Waals surface area contributed by atoms with Crippen molar-refractivity contribution in [2.75, 3.05) is 6.54 Å². The molecule has 0 unspecified atom stereocenters. The van der Waals surface area contributed by atoms with Crippen LogP contribution in [0.4, 0.5) is 0 Å². The fraction of sp³-hybridized carbons (Fsp3) is 0.667. The first-order chi connectivity index (χ1) is 11.3. The summed E-state index contributed by atoms with van der Waals surface area (Å²) in [6.45, 7) is 7.29. The molecule has 3 heterocycles. The Bertz CT molecular complexity index is 604. The van der Waals surface area contributed by atoms with Gasteiger partial charge in [-0.05, 0) is 32.7 Å². The van der Waals surface area contributed by atoms with Gasteiger partial charge in [0.2, 0.25) is 0 Å². The highest BCUT2D eigenvalue weighted by Gasteiger charge is 2.26. The summed E-state index contributed by atoms with van der Waals surface area (Å²) in [6, 6.07) is 2.54. The van der Waals surface area contributed by atoms with E-state index in [0.717, 1.165) is 43.9 Å². The average molecular weight is 316 g/mol. The van der Waals surface area contributed by atoms with E-state index < -0.39 is 0 Å². The van der Waals surface area contributed by atoms with Crippen LogP contribution in [0.25, 0.3) is 0 Å². The maximum absolute atomic E-state index is 5.53. The number of aromatic nitrogens is 3. The van der Waals surface area contributed by atoms with E-state index in [1.165, 1.54) is 31.2 Å². The van der Waals surface area contributed by atoms with Gasteiger partial charge in [0.1, 0.15) is 11.5 Å². The first kappa shape index (κ1) is 16.2. The highest BCUT2D eigenvalue weighted by molar-refractivity contribution is 5.12. The molecule has 1 aliphatic heterocycles. The first-order valence-corrected chi connectivity index (χ1v) is 9.01. The van der Waals surface area contributed by atoms with Crippen LogP contribution in [0.3, 0.4) is 0 Å². The van der Waals surface area contributed by atoms with Gasteiger partial charge in [-0.2, -0.15) is 5.10 Å². The van der Waals surface area contributed by atoms with Gasteiger partial charge in [0.05, 0.1) is 12.2 Å². The number of aryl methyl sites for hydroxylation is 2. The van der Waals surface area contributed by atoms with Crippen LogP contribution in [0.2, 0.25) is 0 Å². The van der Waals surface area contributed by atoms with Crippen LogP contribution < -0.4 is 0 Å². The molecule has 0 saturated carbocycles. The lowest BCUT2D eigenvalue weighted by Crippen LogP contribution is -2.28. The molecule has 126 valence electrons. The quantitative estimate of drug-likeness (QED) is 0.809. The minimum absolute atomic E-state index is 0.372. The van der Waals surface area contributed by atoms with Gasteiger partial charge < -0.3 is 4.52 Å². The lowest BCUT2D eigenvalue weighted by molar-refractivity contribution is 0.183. The minimum atomic E-state index is 0.372. The summed E-state index contributed by atoms with van der Waals surface area (Å²) in [7, 11) is 0. The summed E-state index contributed by atoms with van der Waals surface area (Å²) < 4.78 is 7.52. The lowest BCUT2D eigenvalue weighted by atomic mass is 10.1. The van der Waals surface area contributed by atoms with Crippen molar-refractivity contribution in [2.45, 2.75) is 71.5 Å². The van der Waals surface area contributed by atoms with Crippen molar-refractivity contribution in [2.24, 2.45) is 0 Å². The Kier molecular flexibility index (Phi) is 5.49. The minimum Gasteiger partial charge on any atom is -0.361 e. The predicted molar refractivity (Wildman–Crippen MR) is 90.0 cm³/mol. The van der Waals surface area contributed by atoms with Gasteiger partial charge in [-0.15, -0.1) is 0 Å². The Balaban J connectivity index is 1.76. The molecule has 1 atom stereocenters. The summed E-state index contributed by atoms with van der Waals surface area (Å²) in [4.78, 5) is 2.55. The Hall–Kier alpha value is -1.62. The van der Waals surface area contributed by atoms with Crippen molar-refractivity contribution >= 4 is 0 Å². The largest absolute Gasteiger partial charge is 0.361 e. The molecule has 3 rings (SSSR count). The number of likely N-dealkylation sites (tertiary alicyclic amines) is 1. The number of hydrogen-bond acceptors (Lipinski definition) is 4. The Morgan fingerprint density at radius 3 is 2.96 bits per heavy atom. The zero-order chi connectivity index (χ0) is 16.1. The van der Waals surface area contributed by atoms with Crippen LogP contribution in [0, 0.1) is 0 Å². The molecule has 0 aromatic carbocycles. The number of rotatable bonds is 6. The van der Waals surface area contributed by atoms with Crippen molar-refractivity contribution in [1.29, 1.82) is 0 Å². The fourth-order valence-corrected chi connectivity index (χ4v) is 3.44. The van der Waals surface area contributed by atoms with Crippen LogP contribution in [-0.4, -0.2) is 26.4 Å². The molecule has 0 N–H and O–H groups in total. The van der Waals surface area contributed by atoms with Gasteiger partial charge in [0, 0.05) is 37.3 Å². The Labute approximate surface area is 138 Å². The molecular formula is C18H28N4O. The second kappa shape index (κ2) is 7.77. The van der Waals surface area contributed by atoms with Gasteiger partial charge in [0.15, 0.2) is 0 Å². The average Bonchev–Trinajstić information content (AvgIpc) is 3.14. The van der Waals surface area contributed by atoms with E-state index in [9.17, 15) is 0 Å². The molecule has 1 saturated heterocycles. The van der Waals surface area contributed by atoms with E-state index in [1.54, 1.807) is 0 Å². The van der Waals surface area contributed by atoms with E-state index in [1.807, 2.05) is 10.9 Å². The van der Waals surface area contributed by atoms with Gasteiger partial charge in [-0.25, -0.2) is 0 Å². The smallest absolute Gasteiger partial charge is 0.137 e. The van der Waals surface area contributed by atoms with Crippen molar-refractivity contribution in [3.8, 4) is 0 Å². The van der Waals surface area contributed by atoms with Crippen molar-refractivity contribution in [3.63, 3.8) is 0 Å². The molecule has 0 bridgehead atoms. The summed E-state index contributed by atoms with van der Waals surface area (Å²) >= 11 is 0. The summed E-state index contributed by atoms with van der Waals surface area (Å²) in [5.41, 5.74) is 2.40. The third-order valence-electron chi connectivity index (χ3n) is 4.68.